The number of fused-ring (bicyclic) bond motifs is 1. The first-order chi connectivity index (χ1) is 13.5. The van der Waals surface area contributed by atoms with Crippen LogP contribution >= 0.6 is 11.8 Å². The third-order valence-corrected chi connectivity index (χ3v) is 5.49. The summed E-state index contributed by atoms with van der Waals surface area (Å²) < 4.78 is 16.1. The monoisotopic (exact) mass is 402 g/mol. The molecule has 0 aliphatic carbocycles. The fraction of sp³-hybridized carbons (Fsp3) is 0.333. The third kappa shape index (κ3) is 3.59. The van der Waals surface area contributed by atoms with Crippen molar-refractivity contribution in [3.8, 4) is 0 Å². The number of aromatic nitrogens is 4. The first kappa shape index (κ1) is 18.5. The number of anilines is 2. The number of carbonyl (C=O) groups is 1. The molecule has 0 radical (unpaired) electrons. The summed E-state index contributed by atoms with van der Waals surface area (Å²) in [6.45, 7) is 3.03. The number of aryl methyl sites for hydroxylation is 1. The maximum atomic E-state index is 13.6. The van der Waals surface area contributed by atoms with Crippen LogP contribution in [-0.2, 0) is 11.3 Å². The molecule has 1 aliphatic rings. The summed E-state index contributed by atoms with van der Waals surface area (Å²) in [7, 11) is 0. The molecule has 0 bridgehead atoms. The largest absolute Gasteiger partial charge is 0.352 e. The Labute approximate surface area is 164 Å². The van der Waals surface area contributed by atoms with Crippen molar-refractivity contribution < 1.29 is 9.18 Å². The van der Waals surface area contributed by atoms with Crippen molar-refractivity contribution in [2.75, 3.05) is 34.8 Å². The lowest BCUT2D eigenvalue weighted by atomic mass is 10.2. The van der Waals surface area contributed by atoms with Crippen molar-refractivity contribution in [3.05, 3.63) is 52.5 Å². The molecule has 1 N–H and O–H groups in total. The summed E-state index contributed by atoms with van der Waals surface area (Å²) in [5, 5.41) is 6.91. The molecule has 1 saturated heterocycles. The molecule has 28 heavy (non-hydrogen) atoms. The zero-order valence-corrected chi connectivity index (χ0v) is 16.1. The van der Waals surface area contributed by atoms with E-state index in [-0.39, 0.29) is 6.54 Å². The summed E-state index contributed by atoms with van der Waals surface area (Å²) in [6.07, 6.45) is 3.10. The van der Waals surface area contributed by atoms with E-state index in [1.165, 1.54) is 16.7 Å². The van der Waals surface area contributed by atoms with E-state index in [1.807, 2.05) is 11.8 Å². The zero-order chi connectivity index (χ0) is 19.7. The van der Waals surface area contributed by atoms with Crippen LogP contribution in [0.15, 0.2) is 35.4 Å². The highest BCUT2D eigenvalue weighted by atomic mass is 32.2. The van der Waals surface area contributed by atoms with Crippen LogP contribution in [0.2, 0.25) is 0 Å². The van der Waals surface area contributed by atoms with Gasteiger partial charge in [-0.05, 0) is 24.6 Å². The molecule has 0 saturated carbocycles. The molecule has 146 valence electrons. The number of hydrogen-bond donors (Lipinski definition) is 1. The normalized spacial score (nSPS) is 14.4. The Hall–Kier alpha value is -2.88. The molecule has 3 heterocycles. The Bertz CT molecular complexity index is 1090. The Kier molecular flexibility index (Phi) is 5.03. The quantitative estimate of drug-likeness (QED) is 0.713. The van der Waals surface area contributed by atoms with E-state index >= 15 is 0 Å². The van der Waals surface area contributed by atoms with Crippen molar-refractivity contribution in [1.82, 2.24) is 19.2 Å². The van der Waals surface area contributed by atoms with Crippen LogP contribution in [-0.4, -0.2) is 49.7 Å². The predicted molar refractivity (Wildman–Crippen MR) is 107 cm³/mol. The SMILES string of the molecule is Cc1ccc(NC(=O)Cn2nc3c(N4CCSCC4)nccn3c2=O)cc1F. The molecule has 0 unspecified atom stereocenters. The summed E-state index contributed by atoms with van der Waals surface area (Å²) in [5.74, 6) is 1.75. The van der Waals surface area contributed by atoms with Crippen molar-refractivity contribution >= 4 is 34.8 Å². The van der Waals surface area contributed by atoms with E-state index in [1.54, 1.807) is 25.3 Å². The molecule has 1 fully saturated rings. The van der Waals surface area contributed by atoms with Gasteiger partial charge in [0.15, 0.2) is 5.82 Å². The van der Waals surface area contributed by atoms with Crippen LogP contribution in [0.1, 0.15) is 5.56 Å². The van der Waals surface area contributed by atoms with Crippen LogP contribution in [0.25, 0.3) is 5.65 Å². The first-order valence-corrected chi connectivity index (χ1v) is 10.0. The van der Waals surface area contributed by atoms with Crippen LogP contribution in [0.4, 0.5) is 15.9 Å². The zero-order valence-electron chi connectivity index (χ0n) is 15.3. The molecule has 3 aromatic rings. The van der Waals surface area contributed by atoms with E-state index in [0.29, 0.717) is 22.7 Å². The molecule has 10 heteroatoms. The molecule has 1 aliphatic heterocycles. The van der Waals surface area contributed by atoms with Gasteiger partial charge in [-0.15, -0.1) is 5.10 Å². The van der Waals surface area contributed by atoms with Crippen LogP contribution in [0.5, 0.6) is 0 Å². The number of thioether (sulfide) groups is 1. The van der Waals surface area contributed by atoms with Gasteiger partial charge in [0, 0.05) is 42.7 Å². The number of halogens is 1. The smallest absolute Gasteiger partial charge is 0.350 e. The predicted octanol–water partition coefficient (Wildman–Crippen LogP) is 1.53. The summed E-state index contributed by atoms with van der Waals surface area (Å²) >= 11 is 1.87. The van der Waals surface area contributed by atoms with Gasteiger partial charge in [-0.1, -0.05) is 6.07 Å². The van der Waals surface area contributed by atoms with Crippen LogP contribution in [0, 0.1) is 12.7 Å². The second-order valence-corrected chi connectivity index (χ2v) is 7.72. The highest BCUT2D eigenvalue weighted by Gasteiger charge is 2.20. The Morgan fingerprint density at radius 3 is 2.86 bits per heavy atom. The average Bonchev–Trinajstić information content (AvgIpc) is 3.01. The maximum Gasteiger partial charge on any atom is 0.350 e. The molecular weight excluding hydrogens is 383 g/mol. The van der Waals surface area contributed by atoms with E-state index < -0.39 is 17.4 Å². The van der Waals surface area contributed by atoms with E-state index in [2.05, 4.69) is 20.3 Å². The Morgan fingerprint density at radius 2 is 2.11 bits per heavy atom. The average molecular weight is 402 g/mol. The van der Waals surface area contributed by atoms with Crippen LogP contribution < -0.4 is 15.9 Å². The second kappa shape index (κ2) is 7.63. The van der Waals surface area contributed by atoms with Gasteiger partial charge >= 0.3 is 5.69 Å². The molecule has 1 amide bonds. The number of nitrogens with zero attached hydrogens (tertiary/aromatic N) is 5. The number of rotatable bonds is 4. The molecule has 4 rings (SSSR count). The van der Waals surface area contributed by atoms with Gasteiger partial charge in [0.25, 0.3) is 0 Å². The van der Waals surface area contributed by atoms with Gasteiger partial charge in [-0.25, -0.2) is 23.3 Å². The lowest BCUT2D eigenvalue weighted by Gasteiger charge is -2.27. The fourth-order valence-corrected chi connectivity index (χ4v) is 3.95. The lowest BCUT2D eigenvalue weighted by molar-refractivity contribution is -0.117. The summed E-state index contributed by atoms with van der Waals surface area (Å²) in [5.41, 5.74) is 0.827. The molecule has 0 spiro atoms. The minimum absolute atomic E-state index is 0.273. The Balaban J connectivity index is 1.58. The molecule has 0 atom stereocenters. The summed E-state index contributed by atoms with van der Waals surface area (Å²) in [4.78, 5) is 31.4. The number of hydrogen-bond acceptors (Lipinski definition) is 6. The van der Waals surface area contributed by atoms with Gasteiger partial charge in [0.1, 0.15) is 12.4 Å². The second-order valence-electron chi connectivity index (χ2n) is 6.50. The minimum Gasteiger partial charge on any atom is -0.352 e. The van der Waals surface area contributed by atoms with Gasteiger partial charge in [-0.3, -0.25) is 4.79 Å². The number of benzene rings is 1. The molecular formula is C18H19FN6O2S. The molecule has 2 aromatic heterocycles. The van der Waals surface area contributed by atoms with E-state index in [9.17, 15) is 14.0 Å². The first-order valence-electron chi connectivity index (χ1n) is 8.86. The minimum atomic E-state index is -0.461. The third-order valence-electron chi connectivity index (χ3n) is 4.54. The summed E-state index contributed by atoms with van der Waals surface area (Å²) in [6, 6.07) is 4.44. The number of carbonyl (C=O) groups excluding carboxylic acids is 1. The van der Waals surface area contributed by atoms with Gasteiger partial charge in [0.2, 0.25) is 11.6 Å². The maximum absolute atomic E-state index is 13.6. The van der Waals surface area contributed by atoms with Gasteiger partial charge in [0.05, 0.1) is 0 Å². The van der Waals surface area contributed by atoms with Gasteiger partial charge in [-0.2, -0.15) is 11.8 Å². The van der Waals surface area contributed by atoms with Crippen molar-refractivity contribution in [2.45, 2.75) is 13.5 Å². The molecule has 8 nitrogen and oxygen atoms in total. The standard InChI is InChI=1S/C18H19FN6O2S/c1-12-2-3-13(10-14(12)19)21-15(26)11-25-18(27)24-5-4-20-16(17(24)22-25)23-6-8-28-9-7-23/h2-5,10H,6-9,11H2,1H3,(H,21,26). The lowest BCUT2D eigenvalue weighted by Crippen LogP contribution is -2.33. The fourth-order valence-electron chi connectivity index (χ4n) is 3.04. The highest BCUT2D eigenvalue weighted by Crippen LogP contribution is 2.20. The van der Waals surface area contributed by atoms with Crippen molar-refractivity contribution in [2.24, 2.45) is 0 Å². The van der Waals surface area contributed by atoms with Gasteiger partial charge < -0.3 is 10.2 Å². The number of amides is 1. The molecule has 1 aromatic carbocycles. The highest BCUT2D eigenvalue weighted by molar-refractivity contribution is 7.99. The van der Waals surface area contributed by atoms with Crippen LogP contribution in [0.3, 0.4) is 0 Å². The van der Waals surface area contributed by atoms with E-state index in [4.69, 9.17) is 0 Å². The number of nitrogens with one attached hydrogen (secondary N) is 1. The van der Waals surface area contributed by atoms with E-state index in [0.717, 1.165) is 29.3 Å². The van der Waals surface area contributed by atoms with Crippen molar-refractivity contribution in [1.29, 1.82) is 0 Å². The topological polar surface area (TPSA) is 84.5 Å². The van der Waals surface area contributed by atoms with Crippen molar-refractivity contribution in [3.63, 3.8) is 0 Å². The Morgan fingerprint density at radius 1 is 1.32 bits per heavy atom.